The molecule has 0 saturated carbocycles. The highest BCUT2D eigenvalue weighted by atomic mass is 16.3. The van der Waals surface area contributed by atoms with Crippen LogP contribution in [0.5, 0.6) is 0 Å². The molecule has 134 valence electrons. The van der Waals surface area contributed by atoms with Crippen molar-refractivity contribution in [3.63, 3.8) is 0 Å². The molecule has 1 N–H and O–H groups in total. The van der Waals surface area contributed by atoms with Crippen molar-refractivity contribution in [2.45, 2.75) is 13.0 Å². The Morgan fingerprint density at radius 3 is 2.73 bits per heavy atom. The lowest BCUT2D eigenvalue weighted by Crippen LogP contribution is -2.22. The molecule has 0 saturated heterocycles. The quantitative estimate of drug-likeness (QED) is 0.742. The number of nitrogens with zero attached hydrogens (tertiary/aromatic N) is 4. The van der Waals surface area contributed by atoms with Crippen LogP contribution < -0.4 is 0 Å². The lowest BCUT2D eigenvalue weighted by molar-refractivity contribution is 0.0828. The fraction of sp³-hybridized carbons (Fsp3) is 0.250. The minimum absolute atomic E-state index is 0.0771. The maximum absolute atomic E-state index is 12.4. The molecule has 0 aliphatic carbocycles. The Balaban J connectivity index is 1.96. The molecule has 1 aromatic carbocycles. The van der Waals surface area contributed by atoms with E-state index in [4.69, 9.17) is 5.11 Å². The molecule has 0 bridgehead atoms. The van der Waals surface area contributed by atoms with E-state index in [9.17, 15) is 4.79 Å². The summed E-state index contributed by atoms with van der Waals surface area (Å²) >= 11 is 0. The molecule has 26 heavy (non-hydrogen) atoms. The number of carbonyl (C=O) groups excluding carboxylic acids is 1. The standard InChI is InChI=1S/C20H22N4O2/c1-23(2)20(26)17-8-4-10-21-19(17)16-7-3-6-15(14-16)18-9-12-24(22-18)11-5-13-25/h3-4,6-10,12,14,25H,5,11,13H2,1-2H3. The van der Waals surface area contributed by atoms with Crippen molar-refractivity contribution in [1.29, 1.82) is 0 Å². The van der Waals surface area contributed by atoms with Gasteiger partial charge >= 0.3 is 0 Å². The second kappa shape index (κ2) is 7.93. The number of benzene rings is 1. The number of rotatable bonds is 6. The van der Waals surface area contributed by atoms with E-state index in [1.807, 2.05) is 41.2 Å². The van der Waals surface area contributed by atoms with Gasteiger partial charge in [0.2, 0.25) is 0 Å². The lowest BCUT2D eigenvalue weighted by Gasteiger charge is -2.13. The first-order valence-electron chi connectivity index (χ1n) is 8.52. The van der Waals surface area contributed by atoms with Gasteiger partial charge in [0.1, 0.15) is 0 Å². The van der Waals surface area contributed by atoms with Crippen LogP contribution in [0.2, 0.25) is 0 Å². The molecule has 3 rings (SSSR count). The van der Waals surface area contributed by atoms with Gasteiger partial charge in [0, 0.05) is 50.8 Å². The van der Waals surface area contributed by atoms with Gasteiger partial charge in [0.05, 0.1) is 17.0 Å². The van der Waals surface area contributed by atoms with Gasteiger partial charge in [0.25, 0.3) is 5.91 Å². The minimum Gasteiger partial charge on any atom is -0.396 e. The molecule has 0 spiro atoms. The monoisotopic (exact) mass is 350 g/mol. The van der Waals surface area contributed by atoms with Crippen LogP contribution in [-0.4, -0.2) is 51.4 Å². The minimum atomic E-state index is -0.0771. The number of aryl methyl sites for hydroxylation is 1. The van der Waals surface area contributed by atoms with Gasteiger partial charge in [0.15, 0.2) is 0 Å². The van der Waals surface area contributed by atoms with Gasteiger partial charge in [-0.3, -0.25) is 14.5 Å². The molecule has 3 aromatic rings. The van der Waals surface area contributed by atoms with Crippen molar-refractivity contribution in [3.8, 4) is 22.5 Å². The average Bonchev–Trinajstić information content (AvgIpc) is 3.15. The normalized spacial score (nSPS) is 10.7. The van der Waals surface area contributed by atoms with Crippen LogP contribution in [0, 0.1) is 0 Å². The molecule has 1 amide bonds. The summed E-state index contributed by atoms with van der Waals surface area (Å²) in [5.41, 5.74) is 3.91. The first kappa shape index (κ1) is 17.8. The maximum Gasteiger partial charge on any atom is 0.255 e. The van der Waals surface area contributed by atoms with E-state index in [-0.39, 0.29) is 12.5 Å². The highest BCUT2D eigenvalue weighted by molar-refractivity contribution is 5.99. The average molecular weight is 350 g/mol. The van der Waals surface area contributed by atoms with E-state index in [0.29, 0.717) is 24.2 Å². The van der Waals surface area contributed by atoms with Gasteiger partial charge in [-0.1, -0.05) is 18.2 Å². The first-order valence-corrected chi connectivity index (χ1v) is 8.52. The van der Waals surface area contributed by atoms with Crippen LogP contribution in [0.3, 0.4) is 0 Å². The summed E-state index contributed by atoms with van der Waals surface area (Å²) < 4.78 is 1.82. The number of aliphatic hydroxyl groups is 1. The highest BCUT2D eigenvalue weighted by Gasteiger charge is 2.16. The van der Waals surface area contributed by atoms with E-state index < -0.39 is 0 Å². The number of aromatic nitrogens is 3. The molecular formula is C20H22N4O2. The van der Waals surface area contributed by atoms with Gasteiger partial charge in [-0.25, -0.2) is 0 Å². The summed E-state index contributed by atoms with van der Waals surface area (Å²) in [7, 11) is 3.46. The molecule has 2 heterocycles. The van der Waals surface area contributed by atoms with Crippen molar-refractivity contribution in [2.75, 3.05) is 20.7 Å². The highest BCUT2D eigenvalue weighted by Crippen LogP contribution is 2.27. The molecule has 0 aliphatic heterocycles. The van der Waals surface area contributed by atoms with Gasteiger partial charge in [-0.15, -0.1) is 0 Å². The van der Waals surface area contributed by atoms with E-state index in [1.54, 1.807) is 37.3 Å². The topological polar surface area (TPSA) is 71.2 Å². The third kappa shape index (κ3) is 3.81. The Bertz CT molecular complexity index is 902. The van der Waals surface area contributed by atoms with Crippen molar-refractivity contribution in [1.82, 2.24) is 19.7 Å². The van der Waals surface area contributed by atoms with Crippen LogP contribution in [-0.2, 0) is 6.54 Å². The number of carbonyl (C=O) groups is 1. The Kier molecular flexibility index (Phi) is 5.43. The number of hydrogen-bond acceptors (Lipinski definition) is 4. The Hall–Kier alpha value is -2.99. The van der Waals surface area contributed by atoms with Crippen LogP contribution in [0.1, 0.15) is 16.8 Å². The summed E-state index contributed by atoms with van der Waals surface area (Å²) in [6, 6.07) is 13.4. The summed E-state index contributed by atoms with van der Waals surface area (Å²) in [5, 5.41) is 13.5. The zero-order chi connectivity index (χ0) is 18.5. The lowest BCUT2D eigenvalue weighted by atomic mass is 10.0. The zero-order valence-corrected chi connectivity index (χ0v) is 15.0. The molecule has 6 nitrogen and oxygen atoms in total. The summed E-state index contributed by atoms with van der Waals surface area (Å²) in [4.78, 5) is 18.4. The Morgan fingerprint density at radius 1 is 1.15 bits per heavy atom. The van der Waals surface area contributed by atoms with Crippen molar-refractivity contribution < 1.29 is 9.90 Å². The van der Waals surface area contributed by atoms with Gasteiger partial charge < -0.3 is 10.0 Å². The molecule has 0 unspecified atom stereocenters. The fourth-order valence-corrected chi connectivity index (χ4v) is 2.75. The Morgan fingerprint density at radius 2 is 1.96 bits per heavy atom. The third-order valence-electron chi connectivity index (χ3n) is 4.06. The van der Waals surface area contributed by atoms with Gasteiger partial charge in [-0.2, -0.15) is 5.10 Å². The number of aliphatic hydroxyl groups excluding tert-OH is 1. The number of amides is 1. The van der Waals surface area contributed by atoms with Crippen LogP contribution in [0.25, 0.3) is 22.5 Å². The van der Waals surface area contributed by atoms with E-state index in [0.717, 1.165) is 16.8 Å². The van der Waals surface area contributed by atoms with E-state index >= 15 is 0 Å². The third-order valence-corrected chi connectivity index (χ3v) is 4.06. The van der Waals surface area contributed by atoms with Crippen molar-refractivity contribution in [3.05, 3.63) is 60.4 Å². The first-order chi connectivity index (χ1) is 12.6. The van der Waals surface area contributed by atoms with E-state index in [1.165, 1.54) is 0 Å². The predicted octanol–water partition coefficient (Wildman–Crippen LogP) is 2.70. The van der Waals surface area contributed by atoms with Crippen LogP contribution in [0.15, 0.2) is 54.9 Å². The smallest absolute Gasteiger partial charge is 0.255 e. The molecule has 0 radical (unpaired) electrons. The molecule has 2 aromatic heterocycles. The number of hydrogen-bond donors (Lipinski definition) is 1. The number of pyridine rings is 1. The zero-order valence-electron chi connectivity index (χ0n) is 15.0. The summed E-state index contributed by atoms with van der Waals surface area (Å²) in [6.45, 7) is 0.824. The summed E-state index contributed by atoms with van der Waals surface area (Å²) in [6.07, 6.45) is 4.27. The largest absolute Gasteiger partial charge is 0.396 e. The van der Waals surface area contributed by atoms with Crippen molar-refractivity contribution in [2.24, 2.45) is 0 Å². The van der Waals surface area contributed by atoms with Crippen molar-refractivity contribution >= 4 is 5.91 Å². The molecule has 0 aliphatic rings. The Labute approximate surface area is 152 Å². The predicted molar refractivity (Wildman–Crippen MR) is 101 cm³/mol. The molecule has 6 heteroatoms. The molecule has 0 atom stereocenters. The maximum atomic E-state index is 12.4. The van der Waals surface area contributed by atoms with Crippen LogP contribution in [0.4, 0.5) is 0 Å². The molecular weight excluding hydrogens is 328 g/mol. The second-order valence-electron chi connectivity index (χ2n) is 6.22. The SMILES string of the molecule is CN(C)C(=O)c1cccnc1-c1cccc(-c2ccn(CCCO)n2)c1. The van der Waals surface area contributed by atoms with Gasteiger partial charge in [-0.05, 0) is 30.7 Å². The fourth-order valence-electron chi connectivity index (χ4n) is 2.75. The van der Waals surface area contributed by atoms with Crippen LogP contribution >= 0.6 is 0 Å². The summed E-state index contributed by atoms with van der Waals surface area (Å²) in [5.74, 6) is -0.0771. The molecule has 0 fully saturated rings. The second-order valence-corrected chi connectivity index (χ2v) is 6.22. The van der Waals surface area contributed by atoms with E-state index in [2.05, 4.69) is 10.1 Å².